The summed E-state index contributed by atoms with van der Waals surface area (Å²) in [4.78, 5) is 0. The van der Waals surface area contributed by atoms with E-state index in [1.165, 1.54) is 25.7 Å². The van der Waals surface area contributed by atoms with Gasteiger partial charge in [0.25, 0.3) is 0 Å². The van der Waals surface area contributed by atoms with Gasteiger partial charge in [-0.25, -0.2) is 0 Å². The van der Waals surface area contributed by atoms with E-state index in [1.807, 2.05) is 0 Å². The molecule has 1 heteroatoms. The van der Waals surface area contributed by atoms with E-state index in [-0.39, 0.29) is 16.9 Å². The Labute approximate surface area is 94.3 Å². The number of aliphatic hydroxyl groups is 1. The third kappa shape index (κ3) is 1.46. The Kier molecular flexibility index (Phi) is 2.29. The summed E-state index contributed by atoms with van der Waals surface area (Å²) >= 11 is 0. The van der Waals surface area contributed by atoms with Crippen LogP contribution in [0, 0.1) is 22.2 Å². The smallest absolute Gasteiger partial charge is 0.0659 e. The fourth-order valence-corrected chi connectivity index (χ4v) is 3.83. The maximum absolute atomic E-state index is 10.1. The number of rotatable bonds is 0. The predicted octanol–water partition coefficient (Wildman–Crippen LogP) is 3.61. The Morgan fingerprint density at radius 1 is 1.07 bits per heavy atom. The lowest BCUT2D eigenvalue weighted by Crippen LogP contribution is -2.28. The minimum absolute atomic E-state index is 0.0362. The van der Waals surface area contributed by atoms with Crippen LogP contribution in [0.3, 0.4) is 0 Å². The van der Waals surface area contributed by atoms with E-state index < -0.39 is 0 Å². The van der Waals surface area contributed by atoms with Crippen LogP contribution in [-0.4, -0.2) is 11.2 Å². The molecule has 15 heavy (non-hydrogen) atoms. The molecule has 1 atom stereocenters. The third-order valence-electron chi connectivity index (χ3n) is 5.51. The summed E-state index contributed by atoms with van der Waals surface area (Å²) in [6.45, 7) is 11.5. The number of hydrogen-bond acceptors (Lipinski definition) is 1. The standard InChI is InChI=1S/C14H26O/c1-12(2,3)10-6-8-14(9-7-10)11(15)13(14,4)5/h10-11,15H,6-9H2,1-5H3. The SMILES string of the molecule is CC(C)(C)C1CCC2(CC1)C(O)C2(C)C. The first-order valence-corrected chi connectivity index (χ1v) is 6.40. The van der Waals surface area contributed by atoms with Gasteiger partial charge in [0.15, 0.2) is 0 Å². The van der Waals surface area contributed by atoms with Crippen molar-refractivity contribution in [2.75, 3.05) is 0 Å². The van der Waals surface area contributed by atoms with Crippen LogP contribution < -0.4 is 0 Å². The van der Waals surface area contributed by atoms with Gasteiger partial charge in [-0.15, -0.1) is 0 Å². The van der Waals surface area contributed by atoms with Crippen molar-refractivity contribution < 1.29 is 5.11 Å². The lowest BCUT2D eigenvalue weighted by Gasteiger charge is -2.38. The van der Waals surface area contributed by atoms with Crippen molar-refractivity contribution in [2.24, 2.45) is 22.2 Å². The van der Waals surface area contributed by atoms with Gasteiger partial charge in [0.1, 0.15) is 0 Å². The fourth-order valence-electron chi connectivity index (χ4n) is 3.83. The molecule has 2 fully saturated rings. The first kappa shape index (κ1) is 11.4. The lowest BCUT2D eigenvalue weighted by molar-refractivity contribution is 0.106. The van der Waals surface area contributed by atoms with E-state index in [2.05, 4.69) is 34.6 Å². The van der Waals surface area contributed by atoms with Gasteiger partial charge in [-0.05, 0) is 42.4 Å². The van der Waals surface area contributed by atoms with Gasteiger partial charge in [0.2, 0.25) is 0 Å². The summed E-state index contributed by atoms with van der Waals surface area (Å²) < 4.78 is 0. The van der Waals surface area contributed by atoms with Crippen LogP contribution in [0.25, 0.3) is 0 Å². The maximum atomic E-state index is 10.1. The molecule has 0 amide bonds. The third-order valence-corrected chi connectivity index (χ3v) is 5.51. The molecule has 2 rings (SSSR count). The highest BCUT2D eigenvalue weighted by atomic mass is 16.3. The summed E-state index contributed by atoms with van der Waals surface area (Å²) in [6.07, 6.45) is 5.06. The average molecular weight is 210 g/mol. The van der Waals surface area contributed by atoms with Gasteiger partial charge in [-0.1, -0.05) is 34.6 Å². The second kappa shape index (κ2) is 3.00. The molecular weight excluding hydrogens is 184 g/mol. The van der Waals surface area contributed by atoms with E-state index in [0.717, 1.165) is 5.92 Å². The number of aliphatic hydroxyl groups excluding tert-OH is 1. The minimum atomic E-state index is -0.0362. The van der Waals surface area contributed by atoms with Crippen molar-refractivity contribution in [1.29, 1.82) is 0 Å². The van der Waals surface area contributed by atoms with Crippen LogP contribution in [0.2, 0.25) is 0 Å². The highest BCUT2D eigenvalue weighted by Gasteiger charge is 2.70. The average Bonchev–Trinajstić information content (AvgIpc) is 2.51. The molecule has 2 aliphatic rings. The zero-order valence-electron chi connectivity index (χ0n) is 10.9. The molecule has 1 spiro atoms. The molecule has 1 nitrogen and oxygen atoms in total. The largest absolute Gasteiger partial charge is 0.392 e. The first-order chi connectivity index (χ1) is 6.72. The van der Waals surface area contributed by atoms with Crippen LogP contribution in [0.5, 0.6) is 0 Å². The molecule has 0 aromatic carbocycles. The van der Waals surface area contributed by atoms with Gasteiger partial charge >= 0.3 is 0 Å². The monoisotopic (exact) mass is 210 g/mol. The van der Waals surface area contributed by atoms with E-state index in [1.54, 1.807) is 0 Å². The summed E-state index contributed by atoms with van der Waals surface area (Å²) in [5.41, 5.74) is 0.927. The van der Waals surface area contributed by atoms with Gasteiger partial charge < -0.3 is 5.11 Å². The second-order valence-corrected chi connectivity index (χ2v) is 7.42. The minimum Gasteiger partial charge on any atom is -0.392 e. The normalized spacial score (nSPS) is 44.4. The van der Waals surface area contributed by atoms with Crippen molar-refractivity contribution in [3.63, 3.8) is 0 Å². The Morgan fingerprint density at radius 3 is 1.73 bits per heavy atom. The second-order valence-electron chi connectivity index (χ2n) is 7.42. The van der Waals surface area contributed by atoms with Crippen molar-refractivity contribution in [3.8, 4) is 0 Å². The highest BCUT2D eigenvalue weighted by Crippen LogP contribution is 2.70. The molecule has 0 radical (unpaired) electrons. The van der Waals surface area contributed by atoms with E-state index in [4.69, 9.17) is 0 Å². The van der Waals surface area contributed by atoms with Gasteiger partial charge in [-0.3, -0.25) is 0 Å². The molecule has 0 aromatic rings. The molecule has 0 aromatic heterocycles. The van der Waals surface area contributed by atoms with Crippen molar-refractivity contribution in [3.05, 3.63) is 0 Å². The quantitative estimate of drug-likeness (QED) is 0.647. The van der Waals surface area contributed by atoms with Crippen LogP contribution >= 0.6 is 0 Å². The molecular formula is C14H26O. The van der Waals surface area contributed by atoms with E-state index in [0.29, 0.717) is 5.41 Å². The Balaban J connectivity index is 2.00. The van der Waals surface area contributed by atoms with Crippen LogP contribution in [-0.2, 0) is 0 Å². The molecule has 1 unspecified atom stereocenters. The molecule has 0 saturated heterocycles. The molecule has 0 aliphatic heterocycles. The molecule has 0 heterocycles. The summed E-state index contributed by atoms with van der Waals surface area (Å²) in [6, 6.07) is 0. The molecule has 88 valence electrons. The zero-order valence-corrected chi connectivity index (χ0v) is 10.9. The molecule has 2 aliphatic carbocycles. The highest BCUT2D eigenvalue weighted by molar-refractivity contribution is 5.19. The molecule has 1 N–H and O–H groups in total. The maximum Gasteiger partial charge on any atom is 0.0659 e. The van der Waals surface area contributed by atoms with Crippen molar-refractivity contribution in [2.45, 2.75) is 66.4 Å². The van der Waals surface area contributed by atoms with Crippen molar-refractivity contribution >= 4 is 0 Å². The van der Waals surface area contributed by atoms with E-state index in [9.17, 15) is 5.11 Å². The van der Waals surface area contributed by atoms with Gasteiger partial charge in [0, 0.05) is 5.41 Å². The fraction of sp³-hybridized carbons (Fsp3) is 1.00. The zero-order chi connectivity index (χ0) is 11.5. The van der Waals surface area contributed by atoms with Crippen LogP contribution in [0.4, 0.5) is 0 Å². The Hall–Kier alpha value is -0.0400. The van der Waals surface area contributed by atoms with Crippen LogP contribution in [0.15, 0.2) is 0 Å². The summed E-state index contributed by atoms with van der Waals surface area (Å²) in [5.74, 6) is 0.853. The number of hydrogen-bond donors (Lipinski definition) is 1. The molecule has 0 bridgehead atoms. The van der Waals surface area contributed by atoms with E-state index >= 15 is 0 Å². The van der Waals surface area contributed by atoms with Crippen molar-refractivity contribution in [1.82, 2.24) is 0 Å². The van der Waals surface area contributed by atoms with Crippen LogP contribution in [0.1, 0.15) is 60.3 Å². The van der Waals surface area contributed by atoms with Gasteiger partial charge in [-0.2, -0.15) is 0 Å². The predicted molar refractivity (Wildman–Crippen MR) is 63.6 cm³/mol. The first-order valence-electron chi connectivity index (χ1n) is 6.40. The molecule has 2 saturated carbocycles. The Morgan fingerprint density at radius 2 is 1.47 bits per heavy atom. The summed E-state index contributed by atoms with van der Waals surface area (Å²) in [7, 11) is 0. The Bertz CT molecular complexity index is 251. The van der Waals surface area contributed by atoms with Gasteiger partial charge in [0.05, 0.1) is 6.10 Å². The summed E-state index contributed by atoms with van der Waals surface area (Å²) in [5, 5.41) is 10.1. The topological polar surface area (TPSA) is 20.2 Å². The lowest BCUT2D eigenvalue weighted by atomic mass is 9.67.